The van der Waals surface area contributed by atoms with E-state index in [0.29, 0.717) is 23.5 Å². The summed E-state index contributed by atoms with van der Waals surface area (Å²) in [6.07, 6.45) is 1.89. The second-order valence-corrected chi connectivity index (χ2v) is 8.05. The molecule has 0 saturated carbocycles. The summed E-state index contributed by atoms with van der Waals surface area (Å²) in [4.78, 5) is 24.9. The van der Waals surface area contributed by atoms with Crippen LogP contribution in [0.25, 0.3) is 0 Å². The molecule has 0 aliphatic heterocycles. The van der Waals surface area contributed by atoms with Crippen LogP contribution >= 0.6 is 0 Å². The number of rotatable bonds is 7. The Hall–Kier alpha value is -2.87. The molecular formula is C19H23N3O4S. The number of nitrogens with zero attached hydrogens (tertiary/aromatic N) is 1. The van der Waals surface area contributed by atoms with Crippen molar-refractivity contribution in [3.05, 3.63) is 59.7 Å². The Morgan fingerprint density at radius 1 is 1.04 bits per heavy atom. The number of carbonyl (C=O) groups is 2. The van der Waals surface area contributed by atoms with Crippen LogP contribution in [0.4, 0.5) is 11.4 Å². The number of hydrogen-bond acceptors (Lipinski definition) is 4. The van der Waals surface area contributed by atoms with E-state index >= 15 is 0 Å². The lowest BCUT2D eigenvalue weighted by atomic mass is 10.1. The van der Waals surface area contributed by atoms with E-state index < -0.39 is 15.9 Å². The van der Waals surface area contributed by atoms with Crippen molar-refractivity contribution in [2.24, 2.45) is 0 Å². The maximum Gasteiger partial charge on any atom is 0.255 e. The van der Waals surface area contributed by atoms with Crippen LogP contribution in [0.5, 0.6) is 0 Å². The van der Waals surface area contributed by atoms with Crippen LogP contribution in [-0.2, 0) is 10.0 Å². The maximum atomic E-state index is 12.6. The van der Waals surface area contributed by atoms with Gasteiger partial charge >= 0.3 is 0 Å². The van der Waals surface area contributed by atoms with Crippen molar-refractivity contribution in [1.29, 1.82) is 0 Å². The Morgan fingerprint density at radius 2 is 1.74 bits per heavy atom. The van der Waals surface area contributed by atoms with Gasteiger partial charge in [-0.15, -0.1) is 0 Å². The van der Waals surface area contributed by atoms with Gasteiger partial charge in [0, 0.05) is 19.2 Å². The van der Waals surface area contributed by atoms with E-state index in [1.165, 1.54) is 13.1 Å². The van der Waals surface area contributed by atoms with Gasteiger partial charge in [0.25, 0.3) is 11.8 Å². The van der Waals surface area contributed by atoms with E-state index in [0.717, 1.165) is 17.0 Å². The standard InChI is InChI=1S/C19H23N3O4S/c1-4-12-20-19(24)16-10-5-6-11-17(16)21-18(23)14-8-7-9-15(13-14)22(2)27(3,25)26/h5-11,13H,4,12H2,1-3H3,(H,20,24)(H,21,23). The summed E-state index contributed by atoms with van der Waals surface area (Å²) >= 11 is 0. The number of amides is 2. The highest BCUT2D eigenvalue weighted by Gasteiger charge is 2.16. The highest BCUT2D eigenvalue weighted by atomic mass is 32.2. The summed E-state index contributed by atoms with van der Waals surface area (Å²) in [5, 5.41) is 5.50. The molecule has 0 aromatic heterocycles. The molecule has 0 spiro atoms. The number of carbonyl (C=O) groups excluding carboxylic acids is 2. The van der Waals surface area contributed by atoms with E-state index in [2.05, 4.69) is 10.6 Å². The van der Waals surface area contributed by atoms with E-state index in [4.69, 9.17) is 0 Å². The summed E-state index contributed by atoms with van der Waals surface area (Å²) in [5.41, 5.74) is 1.41. The van der Waals surface area contributed by atoms with Crippen LogP contribution in [0.3, 0.4) is 0 Å². The molecule has 2 N–H and O–H groups in total. The van der Waals surface area contributed by atoms with Gasteiger partial charge < -0.3 is 10.6 Å². The van der Waals surface area contributed by atoms with Crippen molar-refractivity contribution in [3.63, 3.8) is 0 Å². The summed E-state index contributed by atoms with van der Waals surface area (Å²) in [5.74, 6) is -0.701. The normalized spacial score (nSPS) is 10.9. The molecule has 0 radical (unpaired) electrons. The molecule has 2 aromatic carbocycles. The van der Waals surface area contributed by atoms with Crippen LogP contribution in [-0.4, -0.2) is 40.1 Å². The Bertz CT molecular complexity index is 941. The monoisotopic (exact) mass is 389 g/mol. The lowest BCUT2D eigenvalue weighted by Crippen LogP contribution is -2.26. The topological polar surface area (TPSA) is 95.6 Å². The van der Waals surface area contributed by atoms with Crippen molar-refractivity contribution < 1.29 is 18.0 Å². The highest BCUT2D eigenvalue weighted by Crippen LogP contribution is 2.20. The number of sulfonamides is 1. The molecule has 0 aliphatic rings. The Labute approximate surface area is 159 Å². The molecular weight excluding hydrogens is 366 g/mol. The molecule has 0 aliphatic carbocycles. The average Bonchev–Trinajstić information content (AvgIpc) is 2.65. The number of nitrogens with one attached hydrogen (secondary N) is 2. The molecule has 0 fully saturated rings. The van der Waals surface area contributed by atoms with Crippen LogP contribution < -0.4 is 14.9 Å². The molecule has 0 atom stereocenters. The molecule has 0 unspecified atom stereocenters. The molecule has 0 heterocycles. The number of anilines is 2. The second-order valence-electron chi connectivity index (χ2n) is 6.04. The van der Waals surface area contributed by atoms with Crippen molar-refractivity contribution >= 4 is 33.2 Å². The van der Waals surface area contributed by atoms with Crippen molar-refractivity contribution in [1.82, 2.24) is 5.32 Å². The van der Waals surface area contributed by atoms with Crippen LogP contribution in [0.1, 0.15) is 34.1 Å². The zero-order chi connectivity index (χ0) is 20.0. The van der Waals surface area contributed by atoms with Crippen LogP contribution in [0.15, 0.2) is 48.5 Å². The molecule has 0 saturated heterocycles. The van der Waals surface area contributed by atoms with E-state index in [1.54, 1.807) is 42.5 Å². The highest BCUT2D eigenvalue weighted by molar-refractivity contribution is 7.92. The van der Waals surface area contributed by atoms with Gasteiger partial charge in [0.05, 0.1) is 23.2 Å². The van der Waals surface area contributed by atoms with Gasteiger partial charge in [-0.2, -0.15) is 0 Å². The smallest absolute Gasteiger partial charge is 0.255 e. The van der Waals surface area contributed by atoms with Gasteiger partial charge in [-0.25, -0.2) is 8.42 Å². The molecule has 27 heavy (non-hydrogen) atoms. The lowest BCUT2D eigenvalue weighted by Gasteiger charge is -2.17. The van der Waals surface area contributed by atoms with Gasteiger partial charge in [-0.05, 0) is 36.8 Å². The Balaban J connectivity index is 2.25. The summed E-state index contributed by atoms with van der Waals surface area (Å²) in [6.45, 7) is 2.50. The van der Waals surface area contributed by atoms with E-state index in [-0.39, 0.29) is 11.5 Å². The van der Waals surface area contributed by atoms with Gasteiger partial charge in [0.15, 0.2) is 0 Å². The first-order valence-corrected chi connectivity index (χ1v) is 10.3. The van der Waals surface area contributed by atoms with Gasteiger partial charge in [0.2, 0.25) is 10.0 Å². The minimum absolute atomic E-state index is 0.265. The summed E-state index contributed by atoms with van der Waals surface area (Å²) in [6, 6.07) is 13.0. The van der Waals surface area contributed by atoms with Crippen LogP contribution in [0.2, 0.25) is 0 Å². The van der Waals surface area contributed by atoms with Crippen molar-refractivity contribution in [2.75, 3.05) is 29.5 Å². The molecule has 7 nitrogen and oxygen atoms in total. The zero-order valence-corrected chi connectivity index (χ0v) is 16.3. The first-order chi connectivity index (χ1) is 12.7. The lowest BCUT2D eigenvalue weighted by molar-refractivity contribution is 0.0954. The van der Waals surface area contributed by atoms with Crippen molar-refractivity contribution in [3.8, 4) is 0 Å². The fraction of sp³-hybridized carbons (Fsp3) is 0.263. The summed E-state index contributed by atoms with van der Waals surface area (Å²) < 4.78 is 24.5. The quantitative estimate of drug-likeness (QED) is 0.760. The fourth-order valence-corrected chi connectivity index (χ4v) is 2.85. The zero-order valence-electron chi connectivity index (χ0n) is 15.5. The Kier molecular flexibility index (Phi) is 6.57. The van der Waals surface area contributed by atoms with Gasteiger partial charge in [0.1, 0.15) is 0 Å². The predicted molar refractivity (Wildman–Crippen MR) is 107 cm³/mol. The second kappa shape index (κ2) is 8.68. The summed E-state index contributed by atoms with van der Waals surface area (Å²) in [7, 11) is -2.02. The molecule has 2 rings (SSSR count). The van der Waals surface area contributed by atoms with Crippen molar-refractivity contribution in [2.45, 2.75) is 13.3 Å². The SMILES string of the molecule is CCCNC(=O)c1ccccc1NC(=O)c1cccc(N(C)S(C)(=O)=O)c1. The fourth-order valence-electron chi connectivity index (χ4n) is 2.35. The molecule has 2 amide bonds. The minimum Gasteiger partial charge on any atom is -0.352 e. The van der Waals surface area contributed by atoms with E-state index in [9.17, 15) is 18.0 Å². The number of benzene rings is 2. The molecule has 2 aromatic rings. The predicted octanol–water partition coefficient (Wildman–Crippen LogP) is 2.47. The minimum atomic E-state index is -3.44. The van der Waals surface area contributed by atoms with Gasteiger partial charge in [-0.3, -0.25) is 13.9 Å². The molecule has 0 bridgehead atoms. The molecule has 8 heteroatoms. The van der Waals surface area contributed by atoms with Gasteiger partial charge in [-0.1, -0.05) is 25.1 Å². The van der Waals surface area contributed by atoms with Crippen LogP contribution in [0, 0.1) is 0 Å². The third-order valence-corrected chi connectivity index (χ3v) is 5.13. The molecule has 144 valence electrons. The maximum absolute atomic E-state index is 12.6. The Morgan fingerprint density at radius 3 is 2.41 bits per heavy atom. The van der Waals surface area contributed by atoms with E-state index in [1.807, 2.05) is 6.92 Å². The first-order valence-electron chi connectivity index (χ1n) is 8.46. The number of para-hydroxylation sites is 1. The third-order valence-electron chi connectivity index (χ3n) is 3.92. The third kappa shape index (κ3) is 5.30. The average molecular weight is 389 g/mol. The largest absolute Gasteiger partial charge is 0.352 e. The number of hydrogen-bond donors (Lipinski definition) is 2. The first kappa shape index (κ1) is 20.4.